The fourth-order valence-electron chi connectivity index (χ4n) is 1.85. The summed E-state index contributed by atoms with van der Waals surface area (Å²) >= 11 is 0. The van der Waals surface area contributed by atoms with Crippen LogP contribution in [-0.4, -0.2) is 44.6 Å². The van der Waals surface area contributed by atoms with Gasteiger partial charge < -0.3 is 10.4 Å². The van der Waals surface area contributed by atoms with E-state index in [-0.39, 0.29) is 0 Å². The minimum atomic E-state index is -5.70. The topological polar surface area (TPSA) is 130 Å². The predicted molar refractivity (Wildman–Crippen MR) is 86.6 cm³/mol. The van der Waals surface area contributed by atoms with Gasteiger partial charge in [0.1, 0.15) is 11.4 Å². The molecule has 0 aliphatic rings. The molecule has 0 saturated carbocycles. The number of sulfone groups is 2. The number of benzene rings is 1. The maximum Gasteiger partial charge on any atom is 0.501 e. The van der Waals surface area contributed by atoms with Gasteiger partial charge in [-0.2, -0.15) is 13.2 Å². The van der Waals surface area contributed by atoms with Crippen molar-refractivity contribution in [2.75, 3.05) is 11.6 Å². The number of pyridine rings is 1. The normalized spacial score (nSPS) is 12.6. The summed E-state index contributed by atoms with van der Waals surface area (Å²) in [5.74, 6) is -1.78. The first-order chi connectivity index (χ1) is 12.2. The zero-order valence-corrected chi connectivity index (χ0v) is 15.0. The average Bonchev–Trinajstić information content (AvgIpc) is 2.55. The van der Waals surface area contributed by atoms with E-state index in [1.807, 2.05) is 5.32 Å². The Hall–Kier alpha value is -2.67. The molecule has 1 heterocycles. The fraction of sp³-hybridized carbons (Fsp3) is 0.143. The Morgan fingerprint density at radius 3 is 2.30 bits per heavy atom. The number of nitrogens with zero attached hydrogens (tertiary/aromatic N) is 1. The maximum absolute atomic E-state index is 12.6. The van der Waals surface area contributed by atoms with Crippen LogP contribution in [0.1, 0.15) is 10.5 Å². The van der Waals surface area contributed by atoms with E-state index in [0.717, 1.165) is 18.4 Å². The number of aromatic hydroxyl groups is 1. The summed E-state index contributed by atoms with van der Waals surface area (Å²) < 4.78 is 83.7. The van der Waals surface area contributed by atoms with E-state index in [0.29, 0.717) is 18.2 Å². The van der Waals surface area contributed by atoms with Gasteiger partial charge in [0.2, 0.25) is 0 Å². The number of rotatable bonds is 4. The molecule has 1 amide bonds. The van der Waals surface area contributed by atoms with Crippen LogP contribution in [0, 0.1) is 0 Å². The number of carbonyl (C=O) groups is 1. The van der Waals surface area contributed by atoms with E-state index >= 15 is 0 Å². The Labute approximate surface area is 151 Å². The predicted octanol–water partition coefficient (Wildman–Crippen LogP) is 1.74. The molecule has 2 aromatic rings. The SMILES string of the molecule is CS(=O)(=O)c1cccc(C(=O)Nc2cc(S(=O)(=O)C(F)(F)F)ccc2O)n1. The molecule has 2 N–H and O–H groups in total. The maximum atomic E-state index is 12.6. The van der Waals surface area contributed by atoms with Gasteiger partial charge in [-0.25, -0.2) is 21.8 Å². The third kappa shape index (κ3) is 4.36. The molecule has 0 unspecified atom stereocenters. The highest BCUT2D eigenvalue weighted by atomic mass is 32.2. The molecule has 1 aromatic carbocycles. The van der Waals surface area contributed by atoms with Crippen LogP contribution in [0.4, 0.5) is 18.9 Å². The van der Waals surface area contributed by atoms with Crippen molar-refractivity contribution < 1.29 is 39.9 Å². The summed E-state index contributed by atoms with van der Waals surface area (Å²) in [6, 6.07) is 5.07. The summed E-state index contributed by atoms with van der Waals surface area (Å²) in [6.07, 6.45) is 0.855. The number of halogens is 3. The Balaban J connectivity index is 2.41. The Morgan fingerprint density at radius 2 is 1.74 bits per heavy atom. The van der Waals surface area contributed by atoms with Gasteiger partial charge in [0.25, 0.3) is 15.7 Å². The van der Waals surface area contributed by atoms with Crippen LogP contribution in [0.3, 0.4) is 0 Å². The second kappa shape index (κ2) is 6.81. The molecule has 8 nitrogen and oxygen atoms in total. The molecule has 0 aliphatic heterocycles. The molecule has 13 heteroatoms. The highest BCUT2D eigenvalue weighted by Gasteiger charge is 2.47. The molecule has 0 bridgehead atoms. The number of nitrogens with one attached hydrogen (secondary N) is 1. The number of hydrogen-bond acceptors (Lipinski definition) is 7. The number of phenolic OH excluding ortho intramolecular Hbond substituents is 1. The number of carbonyl (C=O) groups excluding carboxylic acids is 1. The minimum Gasteiger partial charge on any atom is -0.506 e. The van der Waals surface area contributed by atoms with Crippen LogP contribution >= 0.6 is 0 Å². The van der Waals surface area contributed by atoms with Crippen LogP contribution in [0.25, 0.3) is 0 Å². The van der Waals surface area contributed by atoms with Gasteiger partial charge in [0.15, 0.2) is 14.9 Å². The third-order valence-corrected chi connectivity index (χ3v) is 5.64. The summed E-state index contributed by atoms with van der Waals surface area (Å²) in [7, 11) is -9.43. The van der Waals surface area contributed by atoms with Gasteiger partial charge in [0.05, 0.1) is 10.6 Å². The highest BCUT2D eigenvalue weighted by Crippen LogP contribution is 2.34. The fourth-order valence-corrected chi connectivity index (χ4v) is 3.23. The number of anilines is 1. The zero-order chi connectivity index (χ0) is 20.6. The number of aromatic nitrogens is 1. The molecular weight excluding hydrogens is 413 g/mol. The van der Waals surface area contributed by atoms with Crippen molar-refractivity contribution in [1.29, 1.82) is 0 Å². The molecule has 0 radical (unpaired) electrons. The molecule has 27 heavy (non-hydrogen) atoms. The van der Waals surface area contributed by atoms with Gasteiger partial charge >= 0.3 is 5.51 Å². The van der Waals surface area contributed by atoms with Crippen LogP contribution in [0.15, 0.2) is 46.3 Å². The lowest BCUT2D eigenvalue weighted by Gasteiger charge is -2.12. The van der Waals surface area contributed by atoms with Crippen LogP contribution in [-0.2, 0) is 19.7 Å². The summed E-state index contributed by atoms with van der Waals surface area (Å²) in [5.41, 5.74) is -6.62. The lowest BCUT2D eigenvalue weighted by molar-refractivity contribution is -0.0436. The van der Waals surface area contributed by atoms with E-state index in [4.69, 9.17) is 0 Å². The lowest BCUT2D eigenvalue weighted by Crippen LogP contribution is -2.23. The molecule has 0 aliphatic carbocycles. The molecule has 146 valence electrons. The molecule has 0 atom stereocenters. The van der Waals surface area contributed by atoms with Crippen molar-refractivity contribution in [3.8, 4) is 5.75 Å². The van der Waals surface area contributed by atoms with Crippen LogP contribution < -0.4 is 5.32 Å². The number of amides is 1. The average molecular weight is 424 g/mol. The van der Waals surface area contributed by atoms with E-state index in [9.17, 15) is 39.9 Å². The van der Waals surface area contributed by atoms with Crippen molar-refractivity contribution in [1.82, 2.24) is 4.98 Å². The van der Waals surface area contributed by atoms with Crippen molar-refractivity contribution in [3.05, 3.63) is 42.1 Å². The second-order valence-electron chi connectivity index (χ2n) is 5.22. The Kier molecular flexibility index (Phi) is 5.21. The lowest BCUT2D eigenvalue weighted by atomic mass is 10.2. The van der Waals surface area contributed by atoms with E-state index < -0.39 is 58.1 Å². The van der Waals surface area contributed by atoms with E-state index in [2.05, 4.69) is 4.98 Å². The molecule has 0 saturated heterocycles. The van der Waals surface area contributed by atoms with Crippen molar-refractivity contribution >= 4 is 31.3 Å². The van der Waals surface area contributed by atoms with Gasteiger partial charge in [-0.15, -0.1) is 0 Å². The Bertz CT molecular complexity index is 1110. The molecule has 1 aromatic heterocycles. The smallest absolute Gasteiger partial charge is 0.501 e. The van der Waals surface area contributed by atoms with Crippen molar-refractivity contribution in [3.63, 3.8) is 0 Å². The third-order valence-electron chi connectivity index (χ3n) is 3.17. The zero-order valence-electron chi connectivity index (χ0n) is 13.4. The summed E-state index contributed by atoms with van der Waals surface area (Å²) in [6.45, 7) is 0. The molecule has 2 rings (SSSR count). The van der Waals surface area contributed by atoms with Crippen molar-refractivity contribution in [2.24, 2.45) is 0 Å². The largest absolute Gasteiger partial charge is 0.506 e. The number of phenols is 1. The van der Waals surface area contributed by atoms with Crippen LogP contribution in [0.5, 0.6) is 5.75 Å². The molecular formula is C14H11F3N2O6S2. The van der Waals surface area contributed by atoms with E-state index in [1.54, 1.807) is 0 Å². The summed E-state index contributed by atoms with van der Waals surface area (Å²) in [5, 5.41) is 11.2. The van der Waals surface area contributed by atoms with Crippen molar-refractivity contribution in [2.45, 2.75) is 15.4 Å². The van der Waals surface area contributed by atoms with E-state index in [1.165, 1.54) is 6.07 Å². The Morgan fingerprint density at radius 1 is 1.11 bits per heavy atom. The molecule has 0 spiro atoms. The number of hydrogen-bond donors (Lipinski definition) is 2. The quantitative estimate of drug-likeness (QED) is 0.715. The van der Waals surface area contributed by atoms with Gasteiger partial charge in [-0.3, -0.25) is 4.79 Å². The molecule has 0 fully saturated rings. The summed E-state index contributed by atoms with van der Waals surface area (Å²) in [4.78, 5) is 14.6. The number of alkyl halides is 3. The minimum absolute atomic E-state index is 0.415. The monoisotopic (exact) mass is 424 g/mol. The standard InChI is InChI=1S/C14H11F3N2O6S2/c1-26(22,23)12-4-2-3-9(18-12)13(21)19-10-7-8(5-6-11(10)20)27(24,25)14(15,16)17/h2-7,20H,1H3,(H,19,21). The van der Waals surface area contributed by atoms with Gasteiger partial charge in [-0.1, -0.05) is 6.07 Å². The van der Waals surface area contributed by atoms with Gasteiger partial charge in [0, 0.05) is 6.26 Å². The van der Waals surface area contributed by atoms with Gasteiger partial charge in [-0.05, 0) is 30.3 Å². The highest BCUT2D eigenvalue weighted by molar-refractivity contribution is 7.92. The first-order valence-corrected chi connectivity index (χ1v) is 10.2. The van der Waals surface area contributed by atoms with Crippen LogP contribution in [0.2, 0.25) is 0 Å². The second-order valence-corrected chi connectivity index (χ2v) is 9.12. The first kappa shape index (κ1) is 20.6. The first-order valence-electron chi connectivity index (χ1n) is 6.86.